The maximum absolute atomic E-state index is 12.5. The number of hydrogen-bond acceptors (Lipinski definition) is 5. The largest absolute Gasteiger partial charge is 0.345 e. The Kier molecular flexibility index (Phi) is 5.50. The fraction of sp³-hybridized carbons (Fsp3) is 0.0526. The highest BCUT2D eigenvalue weighted by Crippen LogP contribution is 2.18. The zero-order valence-electron chi connectivity index (χ0n) is 13.4. The van der Waals surface area contributed by atoms with Gasteiger partial charge in [-0.05, 0) is 36.4 Å². The van der Waals surface area contributed by atoms with Gasteiger partial charge in [-0.3, -0.25) is 4.79 Å². The molecule has 6 heteroatoms. The number of carbonyl (C=O) groups is 1. The molecule has 0 atom stereocenters. The molecule has 1 amide bonds. The predicted octanol–water partition coefficient (Wildman–Crippen LogP) is 3.20. The van der Waals surface area contributed by atoms with E-state index in [1.165, 1.54) is 4.90 Å². The van der Waals surface area contributed by atoms with E-state index in [2.05, 4.69) is 5.32 Å². The normalized spacial score (nSPS) is 9.04. The third kappa shape index (κ3) is 4.01. The molecule has 0 heterocycles. The van der Waals surface area contributed by atoms with Crippen LogP contribution in [0.5, 0.6) is 0 Å². The number of nitriles is 3. The summed E-state index contributed by atoms with van der Waals surface area (Å²) in [6, 6.07) is 20.8. The molecular weight excluding hydrogens is 314 g/mol. The minimum absolute atomic E-state index is 0.134. The molecule has 0 radical (unpaired) electrons. The minimum Gasteiger partial charge on any atom is -0.345 e. The number of carbonyl (C=O) groups excluding carboxylic acids is 1. The fourth-order valence-electron chi connectivity index (χ4n) is 2.09. The molecule has 0 fully saturated rings. The maximum Gasteiger partial charge on any atom is 0.258 e. The summed E-state index contributed by atoms with van der Waals surface area (Å²) in [5, 5.41) is 29.4. The van der Waals surface area contributed by atoms with Gasteiger partial charge in [0, 0.05) is 24.0 Å². The Bertz CT molecular complexity index is 909. The van der Waals surface area contributed by atoms with Crippen molar-refractivity contribution < 1.29 is 4.79 Å². The molecule has 0 aromatic heterocycles. The molecule has 0 spiro atoms. The molecule has 25 heavy (non-hydrogen) atoms. The number of amides is 1. The van der Waals surface area contributed by atoms with E-state index in [9.17, 15) is 4.79 Å². The molecule has 0 bridgehead atoms. The molecule has 2 rings (SSSR count). The molecular formula is C19H13N5O. The van der Waals surface area contributed by atoms with Crippen LogP contribution in [0.25, 0.3) is 0 Å². The standard InChI is InChI=1S/C19H13N5O/c1-24(17-5-3-2-4-6-17)19(25)14-7-9-16(10-8-14)23-18(13-22)15(11-20)12-21/h2-10,23H,1H3. The Labute approximate surface area is 145 Å². The molecule has 1 N–H and O–H groups in total. The van der Waals surface area contributed by atoms with Crippen LogP contribution < -0.4 is 10.2 Å². The third-order valence-corrected chi connectivity index (χ3v) is 3.43. The zero-order valence-corrected chi connectivity index (χ0v) is 13.4. The lowest BCUT2D eigenvalue weighted by atomic mass is 10.1. The highest BCUT2D eigenvalue weighted by atomic mass is 16.2. The van der Waals surface area contributed by atoms with E-state index in [4.69, 9.17) is 15.8 Å². The topological polar surface area (TPSA) is 104 Å². The molecule has 0 aliphatic carbocycles. The van der Waals surface area contributed by atoms with Crippen LogP contribution in [0.1, 0.15) is 10.4 Å². The smallest absolute Gasteiger partial charge is 0.258 e. The SMILES string of the molecule is CN(C(=O)c1ccc(NC(C#N)=C(C#N)C#N)cc1)c1ccccc1. The van der Waals surface area contributed by atoms with E-state index in [1.807, 2.05) is 30.3 Å². The molecule has 0 saturated heterocycles. The van der Waals surface area contributed by atoms with E-state index in [0.717, 1.165) is 5.69 Å². The van der Waals surface area contributed by atoms with Crippen LogP contribution in [0, 0.1) is 34.0 Å². The molecule has 0 saturated carbocycles. The Morgan fingerprint density at radius 3 is 2.04 bits per heavy atom. The van der Waals surface area contributed by atoms with E-state index in [1.54, 1.807) is 49.5 Å². The summed E-state index contributed by atoms with van der Waals surface area (Å²) >= 11 is 0. The average molecular weight is 327 g/mol. The second-order valence-corrected chi connectivity index (χ2v) is 4.99. The monoisotopic (exact) mass is 327 g/mol. The quantitative estimate of drug-likeness (QED) is 0.868. The number of benzene rings is 2. The van der Waals surface area contributed by atoms with Gasteiger partial charge in [0.15, 0.2) is 5.57 Å². The van der Waals surface area contributed by atoms with E-state index in [0.29, 0.717) is 11.3 Å². The Balaban J connectivity index is 2.19. The maximum atomic E-state index is 12.5. The summed E-state index contributed by atoms with van der Waals surface area (Å²) < 4.78 is 0. The Morgan fingerprint density at radius 1 is 0.920 bits per heavy atom. The Morgan fingerprint density at radius 2 is 1.52 bits per heavy atom. The molecule has 6 nitrogen and oxygen atoms in total. The van der Waals surface area contributed by atoms with Gasteiger partial charge in [0.1, 0.15) is 23.9 Å². The Hall–Kier alpha value is -4.08. The first-order valence-electron chi connectivity index (χ1n) is 7.25. The number of nitrogens with zero attached hydrogens (tertiary/aromatic N) is 4. The van der Waals surface area contributed by atoms with Crippen molar-refractivity contribution >= 4 is 17.3 Å². The first-order chi connectivity index (χ1) is 12.1. The number of hydrogen-bond donors (Lipinski definition) is 1. The first-order valence-corrected chi connectivity index (χ1v) is 7.25. The molecule has 0 unspecified atom stereocenters. The van der Waals surface area contributed by atoms with E-state index < -0.39 is 0 Å². The molecule has 0 aliphatic heterocycles. The van der Waals surface area contributed by atoms with Crippen LogP contribution >= 0.6 is 0 Å². The summed E-state index contributed by atoms with van der Waals surface area (Å²) in [6.07, 6.45) is 0. The van der Waals surface area contributed by atoms with Crippen molar-refractivity contribution in [3.8, 4) is 18.2 Å². The van der Waals surface area contributed by atoms with Crippen molar-refractivity contribution in [3.63, 3.8) is 0 Å². The number of rotatable bonds is 4. The first kappa shape index (κ1) is 17.3. The van der Waals surface area contributed by atoms with Crippen molar-refractivity contribution in [2.45, 2.75) is 0 Å². The van der Waals surface area contributed by atoms with Crippen molar-refractivity contribution in [2.24, 2.45) is 0 Å². The van der Waals surface area contributed by atoms with Gasteiger partial charge in [-0.1, -0.05) is 18.2 Å². The predicted molar refractivity (Wildman–Crippen MR) is 93.1 cm³/mol. The van der Waals surface area contributed by atoms with Crippen molar-refractivity contribution in [1.82, 2.24) is 0 Å². The summed E-state index contributed by atoms with van der Waals surface area (Å²) in [7, 11) is 1.69. The zero-order chi connectivity index (χ0) is 18.2. The van der Waals surface area contributed by atoms with Crippen LogP contribution in [-0.4, -0.2) is 13.0 Å². The lowest BCUT2D eigenvalue weighted by Gasteiger charge is -2.17. The third-order valence-electron chi connectivity index (χ3n) is 3.43. The summed E-state index contributed by atoms with van der Waals surface area (Å²) in [5.74, 6) is -0.177. The van der Waals surface area contributed by atoms with Gasteiger partial charge in [0.2, 0.25) is 0 Å². The average Bonchev–Trinajstić information content (AvgIpc) is 2.68. The van der Waals surface area contributed by atoms with Gasteiger partial charge in [0.05, 0.1) is 0 Å². The van der Waals surface area contributed by atoms with Crippen LogP contribution in [0.3, 0.4) is 0 Å². The van der Waals surface area contributed by atoms with Gasteiger partial charge in [-0.25, -0.2) is 0 Å². The van der Waals surface area contributed by atoms with Crippen molar-refractivity contribution in [1.29, 1.82) is 15.8 Å². The molecule has 2 aromatic rings. The molecule has 2 aromatic carbocycles. The number of nitrogens with one attached hydrogen (secondary N) is 1. The lowest BCUT2D eigenvalue weighted by molar-refractivity contribution is 0.0993. The van der Waals surface area contributed by atoms with Gasteiger partial charge in [-0.15, -0.1) is 0 Å². The highest BCUT2D eigenvalue weighted by molar-refractivity contribution is 6.05. The molecule has 0 aliphatic rings. The van der Waals surface area contributed by atoms with Gasteiger partial charge >= 0.3 is 0 Å². The number of para-hydroxylation sites is 1. The van der Waals surface area contributed by atoms with Gasteiger partial charge in [0.25, 0.3) is 5.91 Å². The minimum atomic E-state index is -0.300. The highest BCUT2D eigenvalue weighted by Gasteiger charge is 2.13. The number of allylic oxidation sites excluding steroid dienone is 2. The van der Waals surface area contributed by atoms with E-state index in [-0.39, 0.29) is 17.2 Å². The van der Waals surface area contributed by atoms with Crippen LogP contribution in [-0.2, 0) is 0 Å². The van der Waals surface area contributed by atoms with Gasteiger partial charge in [-0.2, -0.15) is 15.8 Å². The van der Waals surface area contributed by atoms with Crippen LogP contribution in [0.15, 0.2) is 65.9 Å². The summed E-state index contributed by atoms with van der Waals surface area (Å²) in [5.41, 5.74) is 1.31. The van der Waals surface area contributed by atoms with E-state index >= 15 is 0 Å². The van der Waals surface area contributed by atoms with Gasteiger partial charge < -0.3 is 10.2 Å². The van der Waals surface area contributed by atoms with Crippen molar-refractivity contribution in [3.05, 3.63) is 71.4 Å². The summed E-state index contributed by atoms with van der Waals surface area (Å²) in [6.45, 7) is 0. The van der Waals surface area contributed by atoms with Crippen LogP contribution in [0.4, 0.5) is 11.4 Å². The molecule has 120 valence electrons. The number of anilines is 2. The lowest BCUT2D eigenvalue weighted by Crippen LogP contribution is -2.26. The second kappa shape index (κ2) is 7.97. The summed E-state index contributed by atoms with van der Waals surface area (Å²) in [4.78, 5) is 14.0. The van der Waals surface area contributed by atoms with Crippen LogP contribution in [0.2, 0.25) is 0 Å². The van der Waals surface area contributed by atoms with Crippen molar-refractivity contribution in [2.75, 3.05) is 17.3 Å². The second-order valence-electron chi connectivity index (χ2n) is 4.99. The fourth-order valence-corrected chi connectivity index (χ4v) is 2.09.